The van der Waals surface area contributed by atoms with Gasteiger partial charge in [-0.2, -0.15) is 22.0 Å². The van der Waals surface area contributed by atoms with E-state index in [0.717, 1.165) is 18.2 Å². The lowest BCUT2D eigenvalue weighted by Gasteiger charge is -2.30. The van der Waals surface area contributed by atoms with E-state index in [1.807, 2.05) is 0 Å². The Bertz CT molecular complexity index is 1260. The van der Waals surface area contributed by atoms with Crippen LogP contribution in [0.15, 0.2) is 72.8 Å². The van der Waals surface area contributed by atoms with E-state index in [9.17, 15) is 40.2 Å². The molecule has 1 unspecified atom stereocenters. The molecule has 3 aromatic carbocycles. The average Bonchev–Trinajstić information content (AvgIpc) is 2.86. The Kier molecular flexibility index (Phi) is 9.55. The van der Waals surface area contributed by atoms with Gasteiger partial charge in [0.05, 0.1) is 6.10 Å². The second kappa shape index (κ2) is 12.3. The fraction of sp³-hybridized carbons (Fsp3) is 0.357. The molecule has 0 aliphatic carbocycles. The van der Waals surface area contributed by atoms with Crippen molar-refractivity contribution >= 4 is 5.69 Å². The largest absolute Gasteiger partial charge is 0.573 e. The van der Waals surface area contributed by atoms with E-state index in [1.165, 1.54) is 18.2 Å². The topological polar surface area (TPSA) is 41.9 Å². The van der Waals surface area contributed by atoms with E-state index in [-0.39, 0.29) is 31.2 Å². The molecule has 40 heavy (non-hydrogen) atoms. The first kappa shape index (κ1) is 31.0. The predicted molar refractivity (Wildman–Crippen MR) is 132 cm³/mol. The maximum atomic E-state index is 13.9. The molecule has 1 atom stereocenters. The maximum Gasteiger partial charge on any atom is 0.573 e. The van der Waals surface area contributed by atoms with Crippen LogP contribution in [-0.2, 0) is 19.1 Å². The van der Waals surface area contributed by atoms with Gasteiger partial charge in [0.1, 0.15) is 18.1 Å². The van der Waals surface area contributed by atoms with Crippen LogP contribution in [0, 0.1) is 5.92 Å². The Balaban J connectivity index is 1.83. The van der Waals surface area contributed by atoms with Crippen LogP contribution in [-0.4, -0.2) is 30.3 Å². The fourth-order valence-electron chi connectivity index (χ4n) is 3.72. The van der Waals surface area contributed by atoms with Crippen molar-refractivity contribution in [3.63, 3.8) is 0 Å². The number of rotatable bonds is 11. The Morgan fingerprint density at radius 3 is 2.05 bits per heavy atom. The van der Waals surface area contributed by atoms with Crippen LogP contribution in [0.3, 0.4) is 0 Å². The lowest BCUT2D eigenvalue weighted by molar-refractivity contribution is -0.289. The summed E-state index contributed by atoms with van der Waals surface area (Å²) in [7, 11) is 0. The van der Waals surface area contributed by atoms with Crippen LogP contribution in [0.1, 0.15) is 30.5 Å². The summed E-state index contributed by atoms with van der Waals surface area (Å²) in [5, 5.41) is 10.5. The van der Waals surface area contributed by atoms with E-state index in [2.05, 4.69) is 4.74 Å². The molecule has 0 saturated heterocycles. The summed E-state index contributed by atoms with van der Waals surface area (Å²) < 4.78 is 114. The summed E-state index contributed by atoms with van der Waals surface area (Å²) in [5.74, 6) is -5.33. The highest BCUT2D eigenvalue weighted by atomic mass is 19.4. The Labute approximate surface area is 225 Å². The van der Waals surface area contributed by atoms with E-state index in [1.54, 1.807) is 49.1 Å². The van der Waals surface area contributed by atoms with Crippen molar-refractivity contribution in [3.8, 4) is 11.5 Å². The van der Waals surface area contributed by atoms with Gasteiger partial charge in [0.2, 0.25) is 0 Å². The highest BCUT2D eigenvalue weighted by Crippen LogP contribution is 2.44. The molecule has 0 fully saturated rings. The third-order valence-electron chi connectivity index (χ3n) is 5.92. The molecule has 218 valence electrons. The molecule has 0 aliphatic rings. The molecule has 0 spiro atoms. The number of aliphatic hydroxyl groups is 1. The average molecular weight is 578 g/mol. The van der Waals surface area contributed by atoms with Crippen molar-refractivity contribution in [1.82, 2.24) is 0 Å². The summed E-state index contributed by atoms with van der Waals surface area (Å²) in [6.45, 7) is 3.35. The molecule has 0 aliphatic heterocycles. The third-order valence-corrected chi connectivity index (χ3v) is 5.92. The molecule has 4 nitrogen and oxygen atoms in total. The summed E-state index contributed by atoms with van der Waals surface area (Å²) in [6.07, 6.45) is -11.5. The summed E-state index contributed by atoms with van der Waals surface area (Å²) in [6, 6.07) is 15.6. The fourth-order valence-corrected chi connectivity index (χ4v) is 3.72. The minimum atomic E-state index is -5.76. The molecule has 3 aromatic rings. The SMILES string of the molecule is CC(C)C(O)CN(Cc1cccc(C(F)(F)C(F)(F)F)c1)c1cccc(OCc2cccc(OC(F)(F)F)c2)c1. The number of nitrogens with zero attached hydrogens (tertiary/aromatic N) is 1. The van der Waals surface area contributed by atoms with Crippen molar-refractivity contribution in [1.29, 1.82) is 0 Å². The van der Waals surface area contributed by atoms with Gasteiger partial charge in [0, 0.05) is 30.4 Å². The van der Waals surface area contributed by atoms with E-state index < -0.39 is 35.9 Å². The highest BCUT2D eigenvalue weighted by molar-refractivity contribution is 5.51. The number of anilines is 1. The number of alkyl halides is 8. The third kappa shape index (κ3) is 8.48. The van der Waals surface area contributed by atoms with Gasteiger partial charge in [-0.3, -0.25) is 0 Å². The molecule has 1 N–H and O–H groups in total. The van der Waals surface area contributed by atoms with Crippen molar-refractivity contribution < 1.29 is 49.7 Å². The van der Waals surface area contributed by atoms with Crippen LogP contribution >= 0.6 is 0 Å². The zero-order valence-electron chi connectivity index (χ0n) is 21.4. The number of hydrogen-bond acceptors (Lipinski definition) is 4. The van der Waals surface area contributed by atoms with Crippen LogP contribution in [0.5, 0.6) is 11.5 Å². The Morgan fingerprint density at radius 2 is 1.40 bits per heavy atom. The normalized spacial score (nSPS) is 13.3. The minimum absolute atomic E-state index is 0.0256. The van der Waals surface area contributed by atoms with Gasteiger partial charge < -0.3 is 19.5 Å². The predicted octanol–water partition coefficient (Wildman–Crippen LogP) is 7.84. The standard InChI is InChI=1S/C28H27F8NO3/c1-18(2)25(38)16-37(15-19-6-3-8-21(12-19)26(29,30)27(31,32)33)22-9-5-10-23(14-22)39-17-20-7-4-11-24(13-20)40-28(34,35)36/h3-14,18,25,38H,15-17H2,1-2H3. The van der Waals surface area contributed by atoms with Crippen LogP contribution < -0.4 is 14.4 Å². The second-order valence-electron chi connectivity index (χ2n) is 9.45. The van der Waals surface area contributed by atoms with Crippen LogP contribution in [0.25, 0.3) is 0 Å². The van der Waals surface area contributed by atoms with Gasteiger partial charge >= 0.3 is 18.5 Å². The molecular weight excluding hydrogens is 550 g/mol. The molecule has 0 aromatic heterocycles. The van der Waals surface area contributed by atoms with Crippen LogP contribution in [0.4, 0.5) is 40.8 Å². The second-order valence-corrected chi connectivity index (χ2v) is 9.45. The first-order valence-electron chi connectivity index (χ1n) is 12.1. The number of hydrogen-bond donors (Lipinski definition) is 1. The molecule has 0 radical (unpaired) electrons. The zero-order chi connectivity index (χ0) is 29.7. The van der Waals surface area contributed by atoms with Gasteiger partial charge in [0.15, 0.2) is 0 Å². The number of halogens is 8. The minimum Gasteiger partial charge on any atom is -0.489 e. The first-order valence-corrected chi connectivity index (χ1v) is 12.1. The molecule has 0 amide bonds. The molecular formula is C28H27F8NO3. The number of benzene rings is 3. The molecule has 12 heteroatoms. The summed E-state index contributed by atoms with van der Waals surface area (Å²) >= 11 is 0. The lowest BCUT2D eigenvalue weighted by Crippen LogP contribution is -2.35. The molecule has 0 heterocycles. The maximum absolute atomic E-state index is 13.9. The van der Waals surface area contributed by atoms with E-state index in [4.69, 9.17) is 4.74 Å². The first-order chi connectivity index (χ1) is 18.5. The van der Waals surface area contributed by atoms with Crippen molar-refractivity contribution in [2.24, 2.45) is 5.92 Å². The van der Waals surface area contributed by atoms with Gasteiger partial charge in [-0.15, -0.1) is 13.2 Å². The Hall–Kier alpha value is -3.54. The highest BCUT2D eigenvalue weighted by Gasteiger charge is 2.58. The quantitative estimate of drug-likeness (QED) is 0.236. The van der Waals surface area contributed by atoms with Gasteiger partial charge in [0.25, 0.3) is 0 Å². The lowest BCUT2D eigenvalue weighted by atomic mass is 10.0. The van der Waals surface area contributed by atoms with E-state index in [0.29, 0.717) is 23.1 Å². The Morgan fingerprint density at radius 1 is 0.775 bits per heavy atom. The summed E-state index contributed by atoms with van der Waals surface area (Å²) in [4.78, 5) is 1.61. The number of ether oxygens (including phenoxy) is 2. The van der Waals surface area contributed by atoms with Gasteiger partial charge in [-0.1, -0.05) is 50.2 Å². The molecule has 0 bridgehead atoms. The monoisotopic (exact) mass is 577 g/mol. The van der Waals surface area contributed by atoms with Gasteiger partial charge in [-0.25, -0.2) is 0 Å². The molecule has 0 saturated carbocycles. The van der Waals surface area contributed by atoms with E-state index >= 15 is 0 Å². The van der Waals surface area contributed by atoms with Crippen molar-refractivity contribution in [2.75, 3.05) is 11.4 Å². The summed E-state index contributed by atoms with van der Waals surface area (Å²) in [5.41, 5.74) is -0.179. The smallest absolute Gasteiger partial charge is 0.489 e. The zero-order valence-corrected chi connectivity index (χ0v) is 21.4. The van der Waals surface area contributed by atoms with Crippen molar-refractivity contribution in [3.05, 3.63) is 89.5 Å². The molecule has 3 rings (SSSR count). The van der Waals surface area contributed by atoms with Gasteiger partial charge in [-0.05, 0) is 47.4 Å². The van der Waals surface area contributed by atoms with Crippen molar-refractivity contribution in [2.45, 2.75) is 51.6 Å². The van der Waals surface area contributed by atoms with Crippen LogP contribution in [0.2, 0.25) is 0 Å². The number of aliphatic hydroxyl groups excluding tert-OH is 1.